The second-order valence-electron chi connectivity index (χ2n) is 13.7. The molecule has 0 rings (SSSR count). The highest BCUT2D eigenvalue weighted by Gasteiger charge is 2.23. The molecule has 0 bridgehead atoms. The Hall–Kier alpha value is -0.270. The normalized spacial score (nSPS) is 14.6. The number of aliphatic hydroxyl groups excluding tert-OH is 2. The van der Waals surface area contributed by atoms with E-state index >= 15 is 0 Å². The summed E-state index contributed by atoms with van der Waals surface area (Å²) in [6.45, 7) is 5.64. The highest BCUT2D eigenvalue weighted by molar-refractivity contribution is 7.52. The summed E-state index contributed by atoms with van der Waals surface area (Å²) < 4.78 is 29.7. The first-order valence-corrected chi connectivity index (χ1v) is 21.8. The summed E-state index contributed by atoms with van der Waals surface area (Å²) in [5.74, 6) is 0. The minimum Gasteiger partial charge on any atom is -0.394 e. The van der Waals surface area contributed by atoms with Crippen molar-refractivity contribution in [3.8, 4) is 0 Å². The monoisotopic (exact) mass is 691 g/mol. The minimum absolute atomic E-state index is 0.0146. The lowest BCUT2D eigenvalue weighted by Crippen LogP contribution is -2.26. The summed E-state index contributed by atoms with van der Waals surface area (Å²) in [6, 6.07) is 0. The lowest BCUT2D eigenvalue weighted by molar-refractivity contribution is -0.0404. The predicted octanol–water partition coefficient (Wildman–Crippen LogP) is 11.1. The van der Waals surface area contributed by atoms with Crippen LogP contribution in [0, 0.1) is 0 Å². The molecule has 0 radical (unpaired) electrons. The molecule has 0 aromatic rings. The number of hydrogen-bond acceptors (Lipinski definition) is 6. The fourth-order valence-corrected chi connectivity index (χ4v) is 6.82. The van der Waals surface area contributed by atoms with Crippen LogP contribution in [0.4, 0.5) is 0 Å². The molecule has 0 aliphatic carbocycles. The van der Waals surface area contributed by atoms with E-state index in [9.17, 15) is 14.6 Å². The van der Waals surface area contributed by atoms with Gasteiger partial charge in [0.1, 0.15) is 6.10 Å². The van der Waals surface area contributed by atoms with Crippen LogP contribution in [0.2, 0.25) is 0 Å². The molecule has 0 aromatic heterocycles. The number of hydrogen-bond donors (Lipinski definition) is 3. The molecule has 0 aliphatic rings. The summed E-state index contributed by atoms with van der Waals surface area (Å²) in [4.78, 5) is 10.2. The zero-order valence-corrected chi connectivity index (χ0v) is 32.0. The Morgan fingerprint density at radius 3 is 1.51 bits per heavy atom. The summed E-state index contributed by atoms with van der Waals surface area (Å²) in [5, 5.41) is 18.5. The fraction of sp³-hybridized carbons (Fsp3) is 0.949. The maximum absolute atomic E-state index is 12.4. The molecular formula is C39H79O7P. The van der Waals surface area contributed by atoms with Crippen LogP contribution in [0.5, 0.6) is 0 Å². The molecule has 0 saturated heterocycles. The van der Waals surface area contributed by atoms with Crippen molar-refractivity contribution in [1.82, 2.24) is 0 Å². The lowest BCUT2D eigenvalue weighted by Gasteiger charge is -2.21. The maximum atomic E-state index is 12.4. The Kier molecular flexibility index (Phi) is 36.8. The van der Waals surface area contributed by atoms with E-state index < -0.39 is 26.4 Å². The number of allylic oxidation sites excluding steroid dienone is 2. The first-order chi connectivity index (χ1) is 22.9. The number of aliphatic hydroxyl groups is 2. The number of ether oxygens (including phenoxy) is 2. The van der Waals surface area contributed by atoms with Crippen LogP contribution in [0.25, 0.3) is 0 Å². The van der Waals surface area contributed by atoms with E-state index in [4.69, 9.17) is 19.1 Å². The average molecular weight is 691 g/mol. The standard InChI is InChI=1S/C39H79O7P/c1-3-5-7-9-11-13-15-17-19-21-23-25-27-29-32-44-36-39(37-46-47(42,43)34-31-38(41)35-40)45-33-30-28-26-24-22-20-18-16-14-12-10-8-6-4-2/h14,16,38-41H,3-13,15,17-37H2,1-2H3,(H,42,43)/b16-14+. The van der Waals surface area contributed by atoms with E-state index in [0.717, 1.165) is 25.7 Å². The van der Waals surface area contributed by atoms with Crippen molar-refractivity contribution >= 4 is 7.60 Å². The van der Waals surface area contributed by atoms with Gasteiger partial charge in [0, 0.05) is 13.2 Å². The smallest absolute Gasteiger partial charge is 0.328 e. The quantitative estimate of drug-likeness (QED) is 0.0335. The first-order valence-electron chi connectivity index (χ1n) is 20.0. The molecule has 0 aromatic carbocycles. The molecule has 3 atom stereocenters. The van der Waals surface area contributed by atoms with Gasteiger partial charge in [-0.1, -0.05) is 154 Å². The van der Waals surface area contributed by atoms with Gasteiger partial charge in [-0.05, 0) is 44.9 Å². The maximum Gasteiger partial charge on any atom is 0.328 e. The molecule has 8 heteroatoms. The van der Waals surface area contributed by atoms with Crippen molar-refractivity contribution in [2.45, 2.75) is 199 Å². The molecule has 3 N–H and O–H groups in total. The topological polar surface area (TPSA) is 105 Å². The van der Waals surface area contributed by atoms with Gasteiger partial charge in [-0.2, -0.15) is 0 Å². The Morgan fingerprint density at radius 1 is 0.596 bits per heavy atom. The van der Waals surface area contributed by atoms with Gasteiger partial charge in [0.15, 0.2) is 0 Å². The van der Waals surface area contributed by atoms with Gasteiger partial charge in [-0.25, -0.2) is 0 Å². The third-order valence-electron chi connectivity index (χ3n) is 8.87. The summed E-state index contributed by atoms with van der Waals surface area (Å²) in [5.41, 5.74) is 0. The van der Waals surface area contributed by atoms with Crippen LogP contribution in [-0.2, 0) is 18.6 Å². The van der Waals surface area contributed by atoms with Gasteiger partial charge in [0.25, 0.3) is 0 Å². The zero-order chi connectivity index (χ0) is 34.5. The minimum atomic E-state index is -3.88. The van der Waals surface area contributed by atoms with Crippen molar-refractivity contribution in [2.75, 3.05) is 39.2 Å². The Morgan fingerprint density at radius 2 is 1.02 bits per heavy atom. The van der Waals surface area contributed by atoms with Crippen molar-refractivity contribution in [3.63, 3.8) is 0 Å². The Bertz CT molecular complexity index is 690. The third-order valence-corrected chi connectivity index (χ3v) is 10.2. The number of unbranched alkanes of at least 4 members (excludes halogenated alkanes) is 23. The van der Waals surface area contributed by atoms with Crippen LogP contribution in [-0.4, -0.2) is 66.5 Å². The second-order valence-corrected chi connectivity index (χ2v) is 15.7. The molecule has 47 heavy (non-hydrogen) atoms. The molecule has 0 heterocycles. The van der Waals surface area contributed by atoms with E-state index in [0.29, 0.717) is 19.8 Å². The van der Waals surface area contributed by atoms with Crippen LogP contribution in [0.15, 0.2) is 12.2 Å². The number of rotatable bonds is 39. The zero-order valence-electron chi connectivity index (χ0n) is 31.1. The van der Waals surface area contributed by atoms with Gasteiger partial charge >= 0.3 is 7.60 Å². The predicted molar refractivity (Wildman–Crippen MR) is 199 cm³/mol. The SMILES string of the molecule is CCCCCC/C=C/CCCCCCCCOC(COCCCCCCCCCCCCCCCC)COP(=O)(O)CCC(O)CO. The van der Waals surface area contributed by atoms with Crippen LogP contribution >= 0.6 is 7.60 Å². The van der Waals surface area contributed by atoms with E-state index in [-0.39, 0.29) is 19.2 Å². The van der Waals surface area contributed by atoms with Crippen LogP contribution in [0.1, 0.15) is 187 Å². The average Bonchev–Trinajstić information content (AvgIpc) is 3.07. The molecule has 7 nitrogen and oxygen atoms in total. The van der Waals surface area contributed by atoms with Crippen molar-refractivity contribution < 1.29 is 33.7 Å². The van der Waals surface area contributed by atoms with Gasteiger partial charge in [-0.15, -0.1) is 0 Å². The first kappa shape index (κ1) is 46.7. The summed E-state index contributed by atoms with van der Waals surface area (Å²) in [7, 11) is -3.88. The third kappa shape index (κ3) is 36.8. The summed E-state index contributed by atoms with van der Waals surface area (Å²) in [6.07, 6.45) is 36.3. The van der Waals surface area contributed by atoms with E-state index in [1.54, 1.807) is 0 Å². The van der Waals surface area contributed by atoms with Gasteiger partial charge in [-0.3, -0.25) is 4.57 Å². The van der Waals surface area contributed by atoms with Crippen molar-refractivity contribution in [2.24, 2.45) is 0 Å². The second kappa shape index (κ2) is 37.0. The van der Waals surface area contributed by atoms with E-state index in [2.05, 4.69) is 26.0 Å². The molecule has 282 valence electrons. The Labute approximate surface area is 291 Å². The van der Waals surface area contributed by atoms with Crippen LogP contribution < -0.4 is 0 Å². The fourth-order valence-electron chi connectivity index (χ4n) is 5.67. The molecule has 0 spiro atoms. The van der Waals surface area contributed by atoms with E-state index in [1.807, 2.05) is 0 Å². The Balaban J connectivity index is 4.06. The largest absolute Gasteiger partial charge is 0.394 e. The molecule has 0 aliphatic heterocycles. The summed E-state index contributed by atoms with van der Waals surface area (Å²) >= 11 is 0. The van der Waals surface area contributed by atoms with Crippen molar-refractivity contribution in [1.29, 1.82) is 0 Å². The highest BCUT2D eigenvalue weighted by atomic mass is 31.2. The molecular weight excluding hydrogens is 611 g/mol. The van der Waals surface area contributed by atoms with E-state index in [1.165, 1.54) is 141 Å². The molecule has 3 unspecified atom stereocenters. The molecule has 0 amide bonds. The van der Waals surface area contributed by atoms with Gasteiger partial charge in [0.05, 0.1) is 32.1 Å². The van der Waals surface area contributed by atoms with Crippen molar-refractivity contribution in [3.05, 3.63) is 12.2 Å². The van der Waals surface area contributed by atoms with Gasteiger partial charge < -0.3 is 29.1 Å². The molecule has 0 fully saturated rings. The van der Waals surface area contributed by atoms with Crippen LogP contribution in [0.3, 0.4) is 0 Å². The lowest BCUT2D eigenvalue weighted by atomic mass is 10.0. The highest BCUT2D eigenvalue weighted by Crippen LogP contribution is 2.43. The van der Waals surface area contributed by atoms with Gasteiger partial charge in [0.2, 0.25) is 0 Å². The molecule has 0 saturated carbocycles.